The van der Waals surface area contributed by atoms with Crippen LogP contribution in [0, 0.1) is 5.92 Å². The van der Waals surface area contributed by atoms with Crippen molar-refractivity contribution in [3.05, 3.63) is 0 Å². The lowest BCUT2D eigenvalue weighted by Crippen LogP contribution is -2.53. The molecule has 0 heterocycles. The molecule has 0 spiro atoms. The minimum Gasteiger partial charge on any atom is -0.329 e. The summed E-state index contributed by atoms with van der Waals surface area (Å²) in [5.74, 6) is 0.977. The van der Waals surface area contributed by atoms with E-state index in [0.29, 0.717) is 5.54 Å². The molecule has 0 bridgehead atoms. The maximum absolute atomic E-state index is 5.88. The van der Waals surface area contributed by atoms with Crippen molar-refractivity contribution >= 4 is 0 Å². The normalized spacial score (nSPS) is 27.5. The summed E-state index contributed by atoms with van der Waals surface area (Å²) < 4.78 is 0. The van der Waals surface area contributed by atoms with Crippen LogP contribution in [0.25, 0.3) is 0 Å². The number of hydrogen-bond acceptors (Lipinski definition) is 2. The van der Waals surface area contributed by atoms with Crippen LogP contribution in [0.2, 0.25) is 0 Å². The first kappa shape index (κ1) is 9.47. The van der Waals surface area contributed by atoms with Crippen molar-refractivity contribution in [1.82, 2.24) is 5.32 Å². The molecule has 2 heteroatoms. The zero-order valence-electron chi connectivity index (χ0n) is 8.52. The quantitative estimate of drug-likeness (QED) is 0.694. The molecule has 0 aromatic rings. The van der Waals surface area contributed by atoms with Crippen molar-refractivity contribution in [1.29, 1.82) is 0 Å². The smallest absolute Gasteiger partial charge is 0.0304 e. The number of hydrogen-bond donors (Lipinski definition) is 2. The molecule has 76 valence electrons. The highest BCUT2D eigenvalue weighted by molar-refractivity contribution is 4.93. The Kier molecular flexibility index (Phi) is 2.89. The Morgan fingerprint density at radius 2 is 1.85 bits per heavy atom. The summed E-state index contributed by atoms with van der Waals surface area (Å²) in [6.07, 6.45) is 9.63. The van der Waals surface area contributed by atoms with Crippen LogP contribution in [0.15, 0.2) is 0 Å². The number of rotatable bonds is 4. The molecule has 0 aromatic carbocycles. The van der Waals surface area contributed by atoms with Crippen molar-refractivity contribution in [2.75, 3.05) is 13.1 Å². The standard InChI is InChI=1S/C11H22N2/c12-9-11(6-2-1-3-7-11)13-8-10-4-5-10/h10,13H,1-9,12H2. The van der Waals surface area contributed by atoms with Gasteiger partial charge in [0.25, 0.3) is 0 Å². The van der Waals surface area contributed by atoms with Crippen molar-refractivity contribution in [3.63, 3.8) is 0 Å². The van der Waals surface area contributed by atoms with Gasteiger partial charge in [0, 0.05) is 12.1 Å². The maximum Gasteiger partial charge on any atom is 0.0304 e. The molecular weight excluding hydrogens is 160 g/mol. The van der Waals surface area contributed by atoms with Gasteiger partial charge in [0.1, 0.15) is 0 Å². The van der Waals surface area contributed by atoms with Crippen molar-refractivity contribution in [3.8, 4) is 0 Å². The van der Waals surface area contributed by atoms with E-state index >= 15 is 0 Å². The van der Waals surface area contributed by atoms with E-state index in [1.54, 1.807) is 0 Å². The summed E-state index contributed by atoms with van der Waals surface area (Å²) in [7, 11) is 0. The molecule has 0 aromatic heterocycles. The monoisotopic (exact) mass is 182 g/mol. The molecule has 0 saturated heterocycles. The van der Waals surface area contributed by atoms with Gasteiger partial charge in [0.05, 0.1) is 0 Å². The van der Waals surface area contributed by atoms with Crippen LogP contribution in [0.1, 0.15) is 44.9 Å². The lowest BCUT2D eigenvalue weighted by atomic mass is 9.81. The van der Waals surface area contributed by atoms with Crippen molar-refractivity contribution in [2.24, 2.45) is 11.7 Å². The number of nitrogens with two attached hydrogens (primary N) is 1. The molecule has 13 heavy (non-hydrogen) atoms. The Hall–Kier alpha value is -0.0800. The van der Waals surface area contributed by atoms with Gasteiger partial charge in [-0.15, -0.1) is 0 Å². The predicted octanol–water partition coefficient (Wildman–Crippen LogP) is 1.65. The summed E-state index contributed by atoms with van der Waals surface area (Å²) in [6.45, 7) is 2.05. The van der Waals surface area contributed by atoms with Gasteiger partial charge >= 0.3 is 0 Å². The second-order valence-electron chi connectivity index (χ2n) is 4.87. The van der Waals surface area contributed by atoms with Crippen molar-refractivity contribution < 1.29 is 0 Å². The first-order valence-electron chi connectivity index (χ1n) is 5.80. The first-order chi connectivity index (χ1) is 6.35. The molecule has 2 aliphatic carbocycles. The van der Waals surface area contributed by atoms with Crippen LogP contribution in [0.5, 0.6) is 0 Å². The Bertz CT molecular complexity index is 157. The molecule has 0 radical (unpaired) electrons. The van der Waals surface area contributed by atoms with Gasteiger partial charge in [-0.1, -0.05) is 19.3 Å². The average molecular weight is 182 g/mol. The molecule has 2 fully saturated rings. The molecule has 2 aliphatic rings. The Labute approximate surface area is 81.3 Å². The third-order valence-electron chi connectivity index (χ3n) is 3.66. The van der Waals surface area contributed by atoms with Crippen LogP contribution >= 0.6 is 0 Å². The Balaban J connectivity index is 1.80. The fraction of sp³-hybridized carbons (Fsp3) is 1.00. The van der Waals surface area contributed by atoms with E-state index in [2.05, 4.69) is 5.32 Å². The molecular formula is C11H22N2. The summed E-state index contributed by atoms with van der Waals surface area (Å²) >= 11 is 0. The van der Waals surface area contributed by atoms with Crippen LogP contribution in [-0.2, 0) is 0 Å². The Morgan fingerprint density at radius 3 is 2.38 bits per heavy atom. The fourth-order valence-electron chi connectivity index (χ4n) is 2.36. The van der Waals surface area contributed by atoms with E-state index in [9.17, 15) is 0 Å². The van der Waals surface area contributed by atoms with Gasteiger partial charge in [0.2, 0.25) is 0 Å². The van der Waals surface area contributed by atoms with E-state index in [1.807, 2.05) is 0 Å². The van der Waals surface area contributed by atoms with E-state index in [4.69, 9.17) is 5.73 Å². The lowest BCUT2D eigenvalue weighted by Gasteiger charge is -2.37. The highest BCUT2D eigenvalue weighted by Crippen LogP contribution is 2.31. The number of nitrogens with one attached hydrogen (secondary N) is 1. The minimum absolute atomic E-state index is 0.320. The molecule has 0 amide bonds. The van der Waals surface area contributed by atoms with Gasteiger partial charge in [-0.3, -0.25) is 0 Å². The van der Waals surface area contributed by atoms with Crippen molar-refractivity contribution in [2.45, 2.75) is 50.5 Å². The summed E-state index contributed by atoms with van der Waals surface area (Å²) in [5.41, 5.74) is 6.20. The topological polar surface area (TPSA) is 38.0 Å². The van der Waals surface area contributed by atoms with Gasteiger partial charge < -0.3 is 11.1 Å². The van der Waals surface area contributed by atoms with Gasteiger partial charge in [-0.25, -0.2) is 0 Å². The average Bonchev–Trinajstić information content (AvgIpc) is 3.00. The second kappa shape index (κ2) is 3.97. The molecule has 2 saturated carbocycles. The predicted molar refractivity (Wildman–Crippen MR) is 55.6 cm³/mol. The molecule has 0 aliphatic heterocycles. The zero-order valence-corrected chi connectivity index (χ0v) is 8.52. The summed E-state index contributed by atoms with van der Waals surface area (Å²) in [6, 6.07) is 0. The van der Waals surface area contributed by atoms with E-state index in [0.717, 1.165) is 12.5 Å². The lowest BCUT2D eigenvalue weighted by molar-refractivity contribution is 0.236. The van der Waals surface area contributed by atoms with Crippen LogP contribution in [-0.4, -0.2) is 18.6 Å². The van der Waals surface area contributed by atoms with E-state index in [-0.39, 0.29) is 0 Å². The SMILES string of the molecule is NCC1(NCC2CC2)CCCCC1. The van der Waals surface area contributed by atoms with E-state index < -0.39 is 0 Å². The van der Waals surface area contributed by atoms with E-state index in [1.165, 1.54) is 51.5 Å². The third-order valence-corrected chi connectivity index (χ3v) is 3.66. The Morgan fingerprint density at radius 1 is 1.15 bits per heavy atom. The maximum atomic E-state index is 5.88. The van der Waals surface area contributed by atoms with Gasteiger partial charge in [-0.05, 0) is 38.1 Å². The largest absolute Gasteiger partial charge is 0.329 e. The van der Waals surface area contributed by atoms with Crippen LogP contribution in [0.4, 0.5) is 0 Å². The van der Waals surface area contributed by atoms with Gasteiger partial charge in [0.15, 0.2) is 0 Å². The first-order valence-corrected chi connectivity index (χ1v) is 5.80. The highest BCUT2D eigenvalue weighted by atomic mass is 15.0. The fourth-order valence-corrected chi connectivity index (χ4v) is 2.36. The molecule has 3 N–H and O–H groups in total. The molecule has 2 nitrogen and oxygen atoms in total. The third kappa shape index (κ3) is 2.44. The highest BCUT2D eigenvalue weighted by Gasteiger charge is 2.32. The molecule has 0 atom stereocenters. The van der Waals surface area contributed by atoms with Gasteiger partial charge in [-0.2, -0.15) is 0 Å². The second-order valence-corrected chi connectivity index (χ2v) is 4.87. The molecule has 2 rings (SSSR count). The minimum atomic E-state index is 0.320. The zero-order chi connectivity index (χ0) is 9.15. The summed E-state index contributed by atoms with van der Waals surface area (Å²) in [4.78, 5) is 0. The summed E-state index contributed by atoms with van der Waals surface area (Å²) in [5, 5.41) is 3.72. The van der Waals surface area contributed by atoms with Crippen LogP contribution in [0.3, 0.4) is 0 Å². The molecule has 0 unspecified atom stereocenters. The van der Waals surface area contributed by atoms with Crippen LogP contribution < -0.4 is 11.1 Å².